The molecule has 0 aromatic heterocycles. The van der Waals surface area contributed by atoms with E-state index in [1.165, 1.54) is 5.56 Å². The molecule has 6 heteroatoms. The summed E-state index contributed by atoms with van der Waals surface area (Å²) in [5.41, 5.74) is 1.38. The van der Waals surface area contributed by atoms with Gasteiger partial charge in [0.2, 0.25) is 5.91 Å². The zero-order valence-electron chi connectivity index (χ0n) is 18.9. The third-order valence-electron chi connectivity index (χ3n) is 5.23. The first-order chi connectivity index (χ1) is 13.7. The molecule has 0 aliphatic carbocycles. The highest BCUT2D eigenvalue weighted by Gasteiger charge is 2.24. The lowest BCUT2D eigenvalue weighted by Gasteiger charge is -2.34. The molecule has 0 saturated carbocycles. The van der Waals surface area contributed by atoms with Gasteiger partial charge in [-0.2, -0.15) is 0 Å². The van der Waals surface area contributed by atoms with Crippen LogP contribution < -0.4 is 15.4 Å². The van der Waals surface area contributed by atoms with Gasteiger partial charge in [0.05, 0.1) is 6.54 Å². The second kappa shape index (κ2) is 10.5. The molecular formula is C23H38N4O2. The molecule has 1 aliphatic rings. The summed E-state index contributed by atoms with van der Waals surface area (Å²) < 4.78 is 5.90. The van der Waals surface area contributed by atoms with E-state index in [9.17, 15) is 4.79 Å². The van der Waals surface area contributed by atoms with Gasteiger partial charge in [-0.15, -0.1) is 0 Å². The van der Waals surface area contributed by atoms with Crippen molar-refractivity contribution >= 4 is 11.9 Å². The van der Waals surface area contributed by atoms with Crippen LogP contribution in [0.1, 0.15) is 53.0 Å². The minimum atomic E-state index is 0.0676. The van der Waals surface area contributed by atoms with Crippen molar-refractivity contribution < 1.29 is 9.53 Å². The second-order valence-electron chi connectivity index (χ2n) is 9.02. The molecule has 0 atom stereocenters. The Labute approximate surface area is 176 Å². The number of likely N-dealkylation sites (tertiary alicyclic amines) is 1. The Hall–Kier alpha value is -2.24. The molecule has 1 aromatic carbocycles. The SMILES string of the molecule is CN=C(NCCOc1cccc(C(C)(C)C)c1)NC1CCN(C(=O)C(C)C)CC1. The summed E-state index contributed by atoms with van der Waals surface area (Å²) in [6.45, 7) is 13.4. The van der Waals surface area contributed by atoms with E-state index in [0.29, 0.717) is 19.2 Å². The maximum Gasteiger partial charge on any atom is 0.225 e. The molecule has 1 saturated heterocycles. The molecular weight excluding hydrogens is 364 g/mol. The lowest BCUT2D eigenvalue weighted by atomic mass is 9.87. The van der Waals surface area contributed by atoms with Crippen molar-refractivity contribution in [1.82, 2.24) is 15.5 Å². The predicted molar refractivity (Wildman–Crippen MR) is 120 cm³/mol. The maximum atomic E-state index is 12.1. The fraction of sp³-hybridized carbons (Fsp3) is 0.652. The van der Waals surface area contributed by atoms with Crippen LogP contribution in [0.15, 0.2) is 29.3 Å². The third-order valence-corrected chi connectivity index (χ3v) is 5.23. The standard InChI is InChI=1S/C23H38N4O2/c1-17(2)21(28)27-13-10-19(11-14-27)26-22(24-6)25-12-15-29-20-9-7-8-18(16-20)23(3,4)5/h7-9,16-17,19H,10-15H2,1-6H3,(H2,24,25,26). The van der Waals surface area contributed by atoms with Crippen molar-refractivity contribution in [2.24, 2.45) is 10.9 Å². The van der Waals surface area contributed by atoms with E-state index in [4.69, 9.17) is 4.74 Å². The maximum absolute atomic E-state index is 12.1. The second-order valence-corrected chi connectivity index (χ2v) is 9.02. The number of carbonyl (C=O) groups is 1. The number of nitrogens with one attached hydrogen (secondary N) is 2. The first-order valence-corrected chi connectivity index (χ1v) is 10.7. The highest BCUT2D eigenvalue weighted by Crippen LogP contribution is 2.25. The number of piperidine rings is 1. The number of hydrogen-bond donors (Lipinski definition) is 2. The van der Waals surface area contributed by atoms with Crippen LogP contribution in [-0.2, 0) is 10.2 Å². The molecule has 1 fully saturated rings. The van der Waals surface area contributed by atoms with Gasteiger partial charge in [-0.05, 0) is 36.0 Å². The van der Waals surface area contributed by atoms with Gasteiger partial charge in [-0.25, -0.2) is 0 Å². The molecule has 1 amide bonds. The number of nitrogens with zero attached hydrogens (tertiary/aromatic N) is 2. The van der Waals surface area contributed by atoms with Crippen LogP contribution in [0.2, 0.25) is 0 Å². The van der Waals surface area contributed by atoms with E-state index in [0.717, 1.165) is 37.6 Å². The lowest BCUT2D eigenvalue weighted by Crippen LogP contribution is -2.50. The molecule has 0 spiro atoms. The zero-order chi connectivity index (χ0) is 21.4. The summed E-state index contributed by atoms with van der Waals surface area (Å²) in [4.78, 5) is 18.4. The van der Waals surface area contributed by atoms with Crippen molar-refractivity contribution in [3.8, 4) is 5.75 Å². The first-order valence-electron chi connectivity index (χ1n) is 10.7. The van der Waals surface area contributed by atoms with Crippen LogP contribution in [0.4, 0.5) is 0 Å². The molecule has 1 aromatic rings. The van der Waals surface area contributed by atoms with Gasteiger partial charge in [0, 0.05) is 32.1 Å². The first kappa shape index (κ1) is 23.0. The Balaban J connectivity index is 1.72. The Kier molecular flexibility index (Phi) is 8.35. The summed E-state index contributed by atoms with van der Waals surface area (Å²) in [6, 6.07) is 8.62. The highest BCUT2D eigenvalue weighted by atomic mass is 16.5. The summed E-state index contributed by atoms with van der Waals surface area (Å²) in [5.74, 6) is 1.99. The average Bonchev–Trinajstić information content (AvgIpc) is 2.69. The molecule has 0 unspecified atom stereocenters. The van der Waals surface area contributed by atoms with E-state index in [-0.39, 0.29) is 17.2 Å². The van der Waals surface area contributed by atoms with Crippen molar-refractivity contribution in [2.45, 2.75) is 58.9 Å². The Morgan fingerprint density at radius 1 is 1.28 bits per heavy atom. The van der Waals surface area contributed by atoms with Crippen LogP contribution in [0.25, 0.3) is 0 Å². The van der Waals surface area contributed by atoms with Gasteiger partial charge in [-0.1, -0.05) is 46.8 Å². The van der Waals surface area contributed by atoms with E-state index in [1.807, 2.05) is 30.9 Å². The van der Waals surface area contributed by atoms with Crippen molar-refractivity contribution in [2.75, 3.05) is 33.3 Å². The molecule has 2 rings (SSSR count). The van der Waals surface area contributed by atoms with Crippen LogP contribution in [0, 0.1) is 5.92 Å². The van der Waals surface area contributed by atoms with Gasteiger partial charge in [0.25, 0.3) is 0 Å². The average molecular weight is 403 g/mol. The van der Waals surface area contributed by atoms with Crippen molar-refractivity contribution in [1.29, 1.82) is 0 Å². The smallest absolute Gasteiger partial charge is 0.225 e. The van der Waals surface area contributed by atoms with Crippen LogP contribution in [-0.4, -0.2) is 56.1 Å². The molecule has 162 valence electrons. The zero-order valence-corrected chi connectivity index (χ0v) is 18.9. The van der Waals surface area contributed by atoms with Gasteiger partial charge in [0.1, 0.15) is 12.4 Å². The molecule has 0 radical (unpaired) electrons. The van der Waals surface area contributed by atoms with Gasteiger partial charge in [0.15, 0.2) is 5.96 Å². The number of rotatable bonds is 6. The number of hydrogen-bond acceptors (Lipinski definition) is 3. The fourth-order valence-corrected chi connectivity index (χ4v) is 3.39. The number of aliphatic imine (C=N–C) groups is 1. The highest BCUT2D eigenvalue weighted by molar-refractivity contribution is 5.80. The number of benzene rings is 1. The van der Waals surface area contributed by atoms with E-state index < -0.39 is 0 Å². The van der Waals surface area contributed by atoms with Crippen molar-refractivity contribution in [3.05, 3.63) is 29.8 Å². The quantitative estimate of drug-likeness (QED) is 0.436. The normalized spacial score (nSPS) is 16.1. The Bertz CT molecular complexity index is 686. The number of guanidine groups is 1. The lowest BCUT2D eigenvalue weighted by molar-refractivity contribution is -0.135. The van der Waals surface area contributed by atoms with Crippen LogP contribution >= 0.6 is 0 Å². The summed E-state index contributed by atoms with van der Waals surface area (Å²) in [5, 5.41) is 6.78. The largest absolute Gasteiger partial charge is 0.492 e. The van der Waals surface area contributed by atoms with Gasteiger partial charge >= 0.3 is 0 Å². The summed E-state index contributed by atoms with van der Waals surface area (Å²) >= 11 is 0. The van der Waals surface area contributed by atoms with E-state index >= 15 is 0 Å². The number of carbonyl (C=O) groups excluding carboxylic acids is 1. The van der Waals surface area contributed by atoms with Gasteiger partial charge < -0.3 is 20.3 Å². The third kappa shape index (κ3) is 7.26. The molecule has 2 N–H and O–H groups in total. The van der Waals surface area contributed by atoms with Gasteiger partial charge in [-0.3, -0.25) is 9.79 Å². The summed E-state index contributed by atoms with van der Waals surface area (Å²) in [7, 11) is 1.78. The number of ether oxygens (including phenoxy) is 1. The minimum Gasteiger partial charge on any atom is -0.492 e. The molecule has 6 nitrogen and oxygen atoms in total. The minimum absolute atomic E-state index is 0.0676. The summed E-state index contributed by atoms with van der Waals surface area (Å²) in [6.07, 6.45) is 1.88. The van der Waals surface area contributed by atoms with Crippen LogP contribution in [0.3, 0.4) is 0 Å². The predicted octanol–water partition coefficient (Wildman–Crippen LogP) is 3.17. The molecule has 0 bridgehead atoms. The fourth-order valence-electron chi connectivity index (χ4n) is 3.39. The van der Waals surface area contributed by atoms with E-state index in [1.54, 1.807) is 7.05 Å². The van der Waals surface area contributed by atoms with E-state index in [2.05, 4.69) is 48.5 Å². The Morgan fingerprint density at radius 3 is 2.55 bits per heavy atom. The monoisotopic (exact) mass is 402 g/mol. The van der Waals surface area contributed by atoms with Crippen molar-refractivity contribution in [3.63, 3.8) is 0 Å². The Morgan fingerprint density at radius 2 is 1.97 bits per heavy atom. The molecule has 1 heterocycles. The molecule has 29 heavy (non-hydrogen) atoms. The van der Waals surface area contributed by atoms with Crippen LogP contribution in [0.5, 0.6) is 5.75 Å². The molecule has 1 aliphatic heterocycles. The topological polar surface area (TPSA) is 66.0 Å². The number of amides is 1.